The summed E-state index contributed by atoms with van der Waals surface area (Å²) in [5.41, 5.74) is 5.15. The summed E-state index contributed by atoms with van der Waals surface area (Å²) in [5, 5.41) is 12.6. The third kappa shape index (κ3) is 3.78. The van der Waals surface area contributed by atoms with E-state index in [9.17, 15) is 14.7 Å². The van der Waals surface area contributed by atoms with Gasteiger partial charge in [0.05, 0.1) is 16.4 Å². The quantitative estimate of drug-likeness (QED) is 0.476. The number of thiazole rings is 1. The number of carboxylic acids is 1. The van der Waals surface area contributed by atoms with Crippen molar-refractivity contribution >= 4 is 28.3 Å². The van der Waals surface area contributed by atoms with Crippen LogP contribution in [0.5, 0.6) is 0 Å². The molecule has 0 bridgehead atoms. The summed E-state index contributed by atoms with van der Waals surface area (Å²) in [4.78, 5) is 33.8. The second-order valence-electron chi connectivity index (χ2n) is 7.62. The minimum Gasteiger partial charge on any atom is -0.478 e. The number of pyridine rings is 1. The Morgan fingerprint density at radius 3 is 2.25 bits per heavy atom. The molecule has 0 atom stereocenters. The number of rotatable bonds is 4. The first-order valence-electron chi connectivity index (χ1n) is 10.2. The van der Waals surface area contributed by atoms with Gasteiger partial charge in [0, 0.05) is 24.2 Å². The molecule has 2 N–H and O–H groups in total. The van der Waals surface area contributed by atoms with Crippen molar-refractivity contribution in [1.29, 1.82) is 0 Å². The molecule has 5 rings (SSSR count). The zero-order chi connectivity index (χ0) is 22.1. The van der Waals surface area contributed by atoms with E-state index >= 15 is 0 Å². The van der Waals surface area contributed by atoms with Gasteiger partial charge in [-0.15, -0.1) is 0 Å². The molecule has 6 nitrogen and oxygen atoms in total. The van der Waals surface area contributed by atoms with Gasteiger partial charge >= 0.3 is 5.97 Å². The summed E-state index contributed by atoms with van der Waals surface area (Å²) in [6.45, 7) is 0. The van der Waals surface area contributed by atoms with E-state index in [0.717, 1.165) is 28.8 Å². The molecule has 0 saturated carbocycles. The van der Waals surface area contributed by atoms with Gasteiger partial charge in [-0.2, -0.15) is 0 Å². The molecule has 2 aromatic carbocycles. The van der Waals surface area contributed by atoms with E-state index in [1.807, 2.05) is 36.4 Å². The number of hydrogen-bond donors (Lipinski definition) is 2. The van der Waals surface area contributed by atoms with Gasteiger partial charge in [0.25, 0.3) is 0 Å². The van der Waals surface area contributed by atoms with Crippen LogP contribution >= 0.6 is 11.3 Å². The van der Waals surface area contributed by atoms with Gasteiger partial charge in [-0.1, -0.05) is 59.9 Å². The predicted octanol–water partition coefficient (Wildman–Crippen LogP) is 4.77. The lowest BCUT2D eigenvalue weighted by Crippen LogP contribution is -2.23. The lowest BCUT2D eigenvalue weighted by Gasteiger charge is -2.19. The molecule has 1 aliphatic carbocycles. The number of amides is 1. The molecule has 158 valence electrons. The van der Waals surface area contributed by atoms with Gasteiger partial charge in [-0.3, -0.25) is 9.78 Å². The van der Waals surface area contributed by atoms with Crippen molar-refractivity contribution in [2.75, 3.05) is 5.32 Å². The van der Waals surface area contributed by atoms with E-state index in [1.54, 1.807) is 18.5 Å². The Kier molecular flexibility index (Phi) is 5.25. The van der Waals surface area contributed by atoms with Crippen LogP contribution in [0, 0.1) is 0 Å². The van der Waals surface area contributed by atoms with E-state index in [4.69, 9.17) is 0 Å². The molecule has 32 heavy (non-hydrogen) atoms. The number of carbonyl (C=O) groups excluding carboxylic acids is 1. The maximum absolute atomic E-state index is 13.5. The molecule has 2 aromatic heterocycles. The Morgan fingerprint density at radius 1 is 0.938 bits per heavy atom. The van der Waals surface area contributed by atoms with Crippen LogP contribution in [0.3, 0.4) is 0 Å². The molecule has 2 heterocycles. The highest BCUT2D eigenvalue weighted by molar-refractivity contribution is 7.19. The Balaban J connectivity index is 1.46. The standard InChI is InChI=1S/C25H19N3O3S/c29-23(28-25-27-14-21(32-25)17-11-18(24(30)31)13-26-12-17)22-19-7-3-1-5-15(19)9-10-16-6-2-4-8-20(16)22/h1-8,11-14,22H,9-10H2,(H,30,31)(H,27,28,29). The monoisotopic (exact) mass is 441 g/mol. The fourth-order valence-corrected chi connectivity index (χ4v) is 4.94. The van der Waals surface area contributed by atoms with Crippen LogP contribution in [0.2, 0.25) is 0 Å². The molecule has 4 aromatic rings. The Morgan fingerprint density at radius 2 is 1.59 bits per heavy atom. The van der Waals surface area contributed by atoms with Gasteiger partial charge in [0.1, 0.15) is 0 Å². The maximum atomic E-state index is 13.5. The number of hydrogen-bond acceptors (Lipinski definition) is 5. The molecule has 1 aliphatic rings. The maximum Gasteiger partial charge on any atom is 0.337 e. The number of carboxylic acid groups (broad SMARTS) is 1. The third-order valence-corrected chi connectivity index (χ3v) is 6.63. The van der Waals surface area contributed by atoms with E-state index < -0.39 is 11.9 Å². The summed E-state index contributed by atoms with van der Waals surface area (Å²) in [6, 6.07) is 17.7. The zero-order valence-electron chi connectivity index (χ0n) is 17.0. The second kappa shape index (κ2) is 8.36. The minimum atomic E-state index is -1.04. The van der Waals surface area contributed by atoms with Crippen molar-refractivity contribution in [2.24, 2.45) is 0 Å². The molecule has 7 heteroatoms. The molecule has 0 spiro atoms. The highest BCUT2D eigenvalue weighted by Crippen LogP contribution is 2.36. The fourth-order valence-electron chi connectivity index (χ4n) is 4.14. The van der Waals surface area contributed by atoms with Gasteiger partial charge < -0.3 is 10.4 Å². The van der Waals surface area contributed by atoms with Gasteiger partial charge in [0.2, 0.25) is 5.91 Å². The van der Waals surface area contributed by atoms with E-state index in [-0.39, 0.29) is 11.5 Å². The number of aromatic carboxylic acids is 1. The number of aromatic nitrogens is 2. The van der Waals surface area contributed by atoms with Crippen LogP contribution in [-0.4, -0.2) is 27.0 Å². The van der Waals surface area contributed by atoms with E-state index in [2.05, 4.69) is 27.4 Å². The van der Waals surface area contributed by atoms with Gasteiger partial charge in [-0.25, -0.2) is 9.78 Å². The number of nitrogens with zero attached hydrogens (tertiary/aromatic N) is 2. The summed E-state index contributed by atoms with van der Waals surface area (Å²) in [7, 11) is 0. The smallest absolute Gasteiger partial charge is 0.337 e. The first-order chi connectivity index (χ1) is 15.6. The molecule has 0 fully saturated rings. The number of carbonyl (C=O) groups is 2. The molecule has 0 unspecified atom stereocenters. The predicted molar refractivity (Wildman–Crippen MR) is 123 cm³/mol. The van der Waals surface area contributed by atoms with Crippen molar-refractivity contribution < 1.29 is 14.7 Å². The van der Waals surface area contributed by atoms with Crippen LogP contribution in [0.25, 0.3) is 10.4 Å². The normalized spacial score (nSPS) is 13.0. The number of nitrogens with one attached hydrogen (secondary N) is 1. The number of aryl methyl sites for hydroxylation is 2. The number of fused-ring (bicyclic) bond motifs is 2. The average molecular weight is 442 g/mol. The SMILES string of the molecule is O=C(O)c1cncc(-c2cnc(NC(=O)C3c4ccccc4CCc4ccccc43)s2)c1. The second-order valence-corrected chi connectivity index (χ2v) is 8.65. The number of anilines is 1. The van der Waals surface area contributed by atoms with Crippen molar-refractivity contribution in [2.45, 2.75) is 18.8 Å². The Labute approximate surface area is 188 Å². The van der Waals surface area contributed by atoms with Gasteiger partial charge in [0.15, 0.2) is 5.13 Å². The summed E-state index contributed by atoms with van der Waals surface area (Å²) in [5.74, 6) is -1.59. The highest BCUT2D eigenvalue weighted by Gasteiger charge is 2.29. The first kappa shape index (κ1) is 20.1. The van der Waals surface area contributed by atoms with Crippen molar-refractivity contribution in [3.8, 4) is 10.4 Å². The third-order valence-electron chi connectivity index (χ3n) is 5.66. The molecule has 0 aliphatic heterocycles. The van der Waals surface area contributed by atoms with Crippen LogP contribution in [-0.2, 0) is 17.6 Å². The van der Waals surface area contributed by atoms with Crippen LogP contribution in [0.15, 0.2) is 73.2 Å². The Bertz CT molecular complexity index is 1280. The first-order valence-corrected chi connectivity index (χ1v) is 11.0. The highest BCUT2D eigenvalue weighted by atomic mass is 32.1. The van der Waals surface area contributed by atoms with Crippen molar-refractivity contribution in [1.82, 2.24) is 9.97 Å². The van der Waals surface area contributed by atoms with Crippen LogP contribution in [0.4, 0.5) is 5.13 Å². The lowest BCUT2D eigenvalue weighted by atomic mass is 9.87. The topological polar surface area (TPSA) is 92.2 Å². The molecule has 0 saturated heterocycles. The molecule has 1 amide bonds. The summed E-state index contributed by atoms with van der Waals surface area (Å²) in [6.07, 6.45) is 6.30. The van der Waals surface area contributed by atoms with E-state index in [1.165, 1.54) is 28.7 Å². The van der Waals surface area contributed by atoms with Crippen molar-refractivity contribution in [3.63, 3.8) is 0 Å². The number of benzene rings is 2. The zero-order valence-corrected chi connectivity index (χ0v) is 17.8. The summed E-state index contributed by atoms with van der Waals surface area (Å²) < 4.78 is 0. The molecule has 0 radical (unpaired) electrons. The molecular weight excluding hydrogens is 422 g/mol. The minimum absolute atomic E-state index is 0.105. The van der Waals surface area contributed by atoms with Gasteiger partial charge in [-0.05, 0) is 41.2 Å². The average Bonchev–Trinajstić information content (AvgIpc) is 3.20. The van der Waals surface area contributed by atoms with Crippen molar-refractivity contribution in [3.05, 3.63) is 101 Å². The fraction of sp³-hybridized carbons (Fsp3) is 0.120. The van der Waals surface area contributed by atoms with Crippen LogP contribution in [0.1, 0.15) is 38.5 Å². The van der Waals surface area contributed by atoms with Crippen LogP contribution < -0.4 is 5.32 Å². The lowest BCUT2D eigenvalue weighted by molar-refractivity contribution is -0.116. The summed E-state index contributed by atoms with van der Waals surface area (Å²) >= 11 is 1.29. The Hall–Kier alpha value is -3.84. The van der Waals surface area contributed by atoms with E-state index in [0.29, 0.717) is 10.7 Å². The largest absolute Gasteiger partial charge is 0.478 e. The molecular formula is C25H19N3O3S.